The van der Waals surface area contributed by atoms with Crippen molar-refractivity contribution in [2.24, 2.45) is 0 Å². The molecule has 0 fully saturated rings. The van der Waals surface area contributed by atoms with Crippen LogP contribution in [0.1, 0.15) is 35.5 Å². The molecule has 0 radical (unpaired) electrons. The number of rotatable bonds is 4. The summed E-state index contributed by atoms with van der Waals surface area (Å²) in [6.07, 6.45) is -3.30. The van der Waals surface area contributed by atoms with Gasteiger partial charge in [0.2, 0.25) is 0 Å². The number of nitrogens with one attached hydrogen (secondary N) is 3. The van der Waals surface area contributed by atoms with E-state index in [4.69, 9.17) is 9.90 Å². The van der Waals surface area contributed by atoms with Crippen LogP contribution in [0.25, 0.3) is 10.9 Å². The molecule has 1 atom stereocenters. The summed E-state index contributed by atoms with van der Waals surface area (Å²) in [5.41, 5.74) is 6.14. The van der Waals surface area contributed by atoms with Gasteiger partial charge < -0.3 is 15.4 Å². The van der Waals surface area contributed by atoms with Crippen molar-refractivity contribution in [3.63, 3.8) is 0 Å². The third-order valence-electron chi connectivity index (χ3n) is 4.28. The Hall–Kier alpha value is -2.33. The summed E-state index contributed by atoms with van der Waals surface area (Å²) in [4.78, 5) is 12.3. The molecule has 0 bridgehead atoms. The van der Waals surface area contributed by atoms with Gasteiger partial charge in [0.1, 0.15) is 0 Å². The smallest absolute Gasteiger partial charge is 0.475 e. The van der Waals surface area contributed by atoms with Gasteiger partial charge in [-0.1, -0.05) is 6.07 Å². The number of aromatic amines is 2. The van der Waals surface area contributed by atoms with E-state index in [0.29, 0.717) is 0 Å². The summed E-state index contributed by atoms with van der Waals surface area (Å²) in [7, 11) is 0. The van der Waals surface area contributed by atoms with Gasteiger partial charge in [-0.3, -0.25) is 5.10 Å². The number of alkyl halides is 3. The van der Waals surface area contributed by atoms with Crippen LogP contribution in [-0.2, 0) is 11.3 Å². The first-order valence-electron chi connectivity index (χ1n) is 8.30. The van der Waals surface area contributed by atoms with Crippen molar-refractivity contribution in [1.29, 1.82) is 0 Å². The maximum atomic E-state index is 10.6. The molecule has 10 heteroatoms. The average Bonchev–Trinajstić information content (AvgIpc) is 3.16. The molecule has 1 unspecified atom stereocenters. The predicted molar refractivity (Wildman–Crippen MR) is 103 cm³/mol. The van der Waals surface area contributed by atoms with Crippen LogP contribution in [0, 0.1) is 13.8 Å². The highest BCUT2D eigenvalue weighted by Gasteiger charge is 2.38. The van der Waals surface area contributed by atoms with E-state index in [-0.39, 0.29) is 6.04 Å². The number of aryl methyl sites for hydroxylation is 2. The molecule has 0 aliphatic rings. The zero-order valence-electron chi connectivity index (χ0n) is 15.4. The fraction of sp³-hybridized carbons (Fsp3) is 0.333. The second-order valence-corrected chi connectivity index (χ2v) is 7.15. The van der Waals surface area contributed by atoms with Gasteiger partial charge in [0.15, 0.2) is 0 Å². The van der Waals surface area contributed by atoms with E-state index in [1.165, 1.54) is 27.7 Å². The maximum absolute atomic E-state index is 10.6. The Labute approximate surface area is 167 Å². The molecule has 152 valence electrons. The van der Waals surface area contributed by atoms with Crippen molar-refractivity contribution in [3.05, 3.63) is 51.4 Å². The first kappa shape index (κ1) is 22.0. The molecule has 0 amide bonds. The number of benzene rings is 1. The van der Waals surface area contributed by atoms with Crippen molar-refractivity contribution < 1.29 is 23.1 Å². The molecule has 0 aliphatic heterocycles. The van der Waals surface area contributed by atoms with E-state index in [1.54, 1.807) is 6.20 Å². The van der Waals surface area contributed by atoms with Gasteiger partial charge in [0.05, 0.1) is 16.4 Å². The van der Waals surface area contributed by atoms with Crippen LogP contribution in [0.2, 0.25) is 0 Å². The highest BCUT2D eigenvalue weighted by atomic mass is 79.9. The molecular weight excluding hydrogens is 441 g/mol. The average molecular weight is 461 g/mol. The molecule has 2 heterocycles. The fourth-order valence-corrected chi connectivity index (χ4v) is 3.11. The van der Waals surface area contributed by atoms with Crippen LogP contribution >= 0.6 is 15.9 Å². The number of carboxylic acids is 1. The van der Waals surface area contributed by atoms with E-state index in [2.05, 4.69) is 75.4 Å². The van der Waals surface area contributed by atoms with Crippen LogP contribution in [-0.4, -0.2) is 32.4 Å². The Morgan fingerprint density at radius 3 is 2.54 bits per heavy atom. The third-order valence-corrected chi connectivity index (χ3v) is 4.91. The minimum atomic E-state index is -5.08. The van der Waals surface area contributed by atoms with Crippen molar-refractivity contribution in [3.8, 4) is 0 Å². The SMILES string of the molecule is Cc1[nH]c2ccc(CNC(C)c3[nH]ncc3Br)cc2c1C.O=C(O)C(F)(F)F. The lowest BCUT2D eigenvalue weighted by molar-refractivity contribution is -0.192. The second kappa shape index (κ2) is 8.78. The lowest BCUT2D eigenvalue weighted by Gasteiger charge is -2.13. The Bertz CT molecular complexity index is 966. The second-order valence-electron chi connectivity index (χ2n) is 6.29. The van der Waals surface area contributed by atoms with Crippen molar-refractivity contribution in [2.45, 2.75) is 39.5 Å². The Morgan fingerprint density at radius 2 is 2.00 bits per heavy atom. The number of aromatic nitrogens is 3. The van der Waals surface area contributed by atoms with Crippen molar-refractivity contribution in [1.82, 2.24) is 20.5 Å². The van der Waals surface area contributed by atoms with Gasteiger partial charge in [-0.2, -0.15) is 18.3 Å². The highest BCUT2D eigenvalue weighted by molar-refractivity contribution is 9.10. The first-order valence-corrected chi connectivity index (χ1v) is 9.10. The first-order chi connectivity index (χ1) is 13.0. The van der Waals surface area contributed by atoms with E-state index < -0.39 is 12.1 Å². The number of hydrogen-bond acceptors (Lipinski definition) is 3. The summed E-state index contributed by atoms with van der Waals surface area (Å²) in [6.45, 7) is 7.23. The minimum Gasteiger partial charge on any atom is -0.475 e. The molecule has 0 saturated heterocycles. The lowest BCUT2D eigenvalue weighted by atomic mass is 10.1. The molecule has 2 aromatic heterocycles. The Morgan fingerprint density at radius 1 is 1.36 bits per heavy atom. The number of carboxylic acid groups (broad SMARTS) is 1. The number of halogens is 4. The number of aliphatic carboxylic acids is 1. The zero-order valence-corrected chi connectivity index (χ0v) is 17.0. The highest BCUT2D eigenvalue weighted by Crippen LogP contribution is 2.24. The molecule has 0 aliphatic carbocycles. The van der Waals surface area contributed by atoms with Gasteiger partial charge in [-0.15, -0.1) is 0 Å². The van der Waals surface area contributed by atoms with Gasteiger partial charge in [0.25, 0.3) is 0 Å². The summed E-state index contributed by atoms with van der Waals surface area (Å²) in [5, 5.41) is 19.0. The number of carbonyl (C=O) groups is 1. The molecular formula is C18H20BrF3N4O2. The molecule has 4 N–H and O–H groups in total. The molecule has 28 heavy (non-hydrogen) atoms. The van der Waals surface area contributed by atoms with Gasteiger partial charge >= 0.3 is 12.1 Å². The van der Waals surface area contributed by atoms with Crippen LogP contribution in [0.4, 0.5) is 13.2 Å². The predicted octanol–water partition coefficient (Wildman–Crippen LogP) is 4.75. The molecule has 3 rings (SSSR count). The third kappa shape index (κ3) is 5.35. The summed E-state index contributed by atoms with van der Waals surface area (Å²) in [5.74, 6) is -2.76. The molecule has 6 nitrogen and oxygen atoms in total. The van der Waals surface area contributed by atoms with Crippen LogP contribution < -0.4 is 5.32 Å². The van der Waals surface area contributed by atoms with Gasteiger partial charge in [-0.25, -0.2) is 4.79 Å². The lowest BCUT2D eigenvalue weighted by Crippen LogP contribution is -2.21. The number of fused-ring (bicyclic) bond motifs is 1. The monoisotopic (exact) mass is 460 g/mol. The molecule has 1 aromatic carbocycles. The van der Waals surface area contributed by atoms with E-state index >= 15 is 0 Å². The van der Waals surface area contributed by atoms with Gasteiger partial charge in [-0.05, 0) is 60.0 Å². The quantitative estimate of drug-likeness (QED) is 0.451. The molecule has 0 spiro atoms. The normalized spacial score (nSPS) is 12.5. The fourth-order valence-electron chi connectivity index (χ4n) is 2.58. The van der Waals surface area contributed by atoms with E-state index in [0.717, 1.165) is 16.7 Å². The Balaban J connectivity index is 0.000000345. The summed E-state index contributed by atoms with van der Waals surface area (Å²) in [6, 6.07) is 6.80. The maximum Gasteiger partial charge on any atom is 0.490 e. The van der Waals surface area contributed by atoms with Crippen LogP contribution in [0.5, 0.6) is 0 Å². The standard InChI is InChI=1S/C16H19BrN4.C2HF3O2/c1-9-10(2)20-15-5-4-12(6-13(9)15)7-18-11(3)16-14(17)8-19-21-16;3-2(4,5)1(6)7/h4-6,8,11,18,20H,7H2,1-3H3,(H,19,21);(H,6,7). The number of hydrogen-bond donors (Lipinski definition) is 4. The molecule has 0 saturated carbocycles. The van der Waals surface area contributed by atoms with E-state index in [9.17, 15) is 13.2 Å². The Kier molecular flexibility index (Phi) is 6.89. The molecule has 3 aromatic rings. The van der Waals surface area contributed by atoms with Crippen LogP contribution in [0.15, 0.2) is 28.9 Å². The van der Waals surface area contributed by atoms with Crippen molar-refractivity contribution >= 4 is 32.8 Å². The minimum absolute atomic E-state index is 0.214. The van der Waals surface area contributed by atoms with Crippen LogP contribution in [0.3, 0.4) is 0 Å². The number of H-pyrrole nitrogens is 2. The number of nitrogens with zero attached hydrogens (tertiary/aromatic N) is 1. The zero-order chi connectivity index (χ0) is 21.1. The van der Waals surface area contributed by atoms with Crippen molar-refractivity contribution in [2.75, 3.05) is 0 Å². The van der Waals surface area contributed by atoms with E-state index in [1.807, 2.05) is 0 Å². The van der Waals surface area contributed by atoms with Gasteiger partial charge in [0, 0.05) is 29.2 Å². The topological polar surface area (TPSA) is 93.8 Å². The largest absolute Gasteiger partial charge is 0.490 e. The summed E-state index contributed by atoms with van der Waals surface area (Å²) >= 11 is 3.50. The summed E-state index contributed by atoms with van der Waals surface area (Å²) < 4.78 is 32.7.